The number of hydrogen-bond acceptors (Lipinski definition) is 4. The van der Waals surface area contributed by atoms with Gasteiger partial charge in [-0.05, 0) is 54.9 Å². The number of likely N-dealkylation sites (tertiary alicyclic amines) is 1. The molecule has 1 fully saturated rings. The molecule has 4 rings (SSSR count). The lowest BCUT2D eigenvalue weighted by atomic mass is 9.98. The van der Waals surface area contributed by atoms with E-state index in [1.165, 1.54) is 17.2 Å². The summed E-state index contributed by atoms with van der Waals surface area (Å²) in [4.78, 5) is 2.07. The van der Waals surface area contributed by atoms with E-state index in [9.17, 15) is 4.39 Å². The Kier molecular flexibility index (Phi) is 5.88. The molecule has 5 heteroatoms. The zero-order chi connectivity index (χ0) is 20.2. The lowest BCUT2D eigenvalue weighted by Gasteiger charge is -2.18. The summed E-state index contributed by atoms with van der Waals surface area (Å²) in [5.41, 5.74) is 6.44. The third-order valence-corrected chi connectivity index (χ3v) is 5.50. The number of hydrogen-bond donors (Lipinski definition) is 3. The molecule has 0 aliphatic carbocycles. The second-order valence-electron chi connectivity index (χ2n) is 7.72. The Balaban J connectivity index is 1.61. The van der Waals surface area contributed by atoms with E-state index in [1.807, 2.05) is 13.1 Å². The van der Waals surface area contributed by atoms with E-state index in [1.54, 1.807) is 12.1 Å². The average molecular weight is 391 g/mol. The maximum Gasteiger partial charge on any atom is 0.132 e. The average Bonchev–Trinajstić information content (AvgIpc) is 3.08. The van der Waals surface area contributed by atoms with Crippen LogP contribution in [0, 0.1) is 11.2 Å². The maximum atomic E-state index is 14.6. The number of benzene rings is 2. The van der Waals surface area contributed by atoms with Crippen LogP contribution in [0.15, 0.2) is 60.2 Å². The molecule has 2 heterocycles. The van der Waals surface area contributed by atoms with Gasteiger partial charge in [0, 0.05) is 37.3 Å². The van der Waals surface area contributed by atoms with Gasteiger partial charge in [0.25, 0.3) is 0 Å². The van der Waals surface area contributed by atoms with E-state index in [-0.39, 0.29) is 5.82 Å². The Morgan fingerprint density at radius 3 is 2.76 bits per heavy atom. The Morgan fingerprint density at radius 1 is 1.17 bits per heavy atom. The van der Waals surface area contributed by atoms with Crippen molar-refractivity contribution in [3.05, 3.63) is 82.7 Å². The first-order chi connectivity index (χ1) is 14.1. The molecule has 2 aromatic carbocycles. The summed E-state index contributed by atoms with van der Waals surface area (Å²) in [5, 5.41) is 15.2. The summed E-state index contributed by atoms with van der Waals surface area (Å²) in [6, 6.07) is 15.3. The van der Waals surface area contributed by atoms with E-state index in [0.717, 1.165) is 36.3 Å². The fourth-order valence-electron chi connectivity index (χ4n) is 4.00. The van der Waals surface area contributed by atoms with Gasteiger partial charge in [-0.3, -0.25) is 4.90 Å². The summed E-state index contributed by atoms with van der Waals surface area (Å²) in [6.45, 7) is 3.75. The van der Waals surface area contributed by atoms with Gasteiger partial charge in [0.15, 0.2) is 0 Å². The molecule has 0 saturated carbocycles. The molecule has 0 aromatic heterocycles. The highest BCUT2D eigenvalue weighted by Crippen LogP contribution is 2.25. The first-order valence-corrected chi connectivity index (χ1v) is 10.1. The van der Waals surface area contributed by atoms with Crippen molar-refractivity contribution < 1.29 is 4.39 Å². The standard InChI is InChI=1S/C24H27FN4/c1-29-15-21(23(26)16-29)24(20-7-2-3-8-22(20)25)28-14-17-5-4-6-19(13-17)18-9-11-27-12-10-18/h2-9,13,26-28H,10-12,14-16H2,1H3/b24-21-,26-23?. The van der Waals surface area contributed by atoms with E-state index in [4.69, 9.17) is 5.41 Å². The molecule has 0 unspecified atom stereocenters. The van der Waals surface area contributed by atoms with Crippen LogP contribution in [-0.2, 0) is 6.54 Å². The Bertz CT molecular complexity index is 976. The highest BCUT2D eigenvalue weighted by Gasteiger charge is 2.24. The molecule has 3 N–H and O–H groups in total. The van der Waals surface area contributed by atoms with Crippen molar-refractivity contribution >= 4 is 17.0 Å². The summed E-state index contributed by atoms with van der Waals surface area (Å²) >= 11 is 0. The molecule has 0 spiro atoms. The van der Waals surface area contributed by atoms with Crippen molar-refractivity contribution in [1.82, 2.24) is 15.5 Å². The minimum absolute atomic E-state index is 0.265. The second-order valence-corrected chi connectivity index (χ2v) is 7.72. The number of rotatable bonds is 5. The van der Waals surface area contributed by atoms with Crippen LogP contribution in [0.4, 0.5) is 4.39 Å². The van der Waals surface area contributed by atoms with E-state index >= 15 is 0 Å². The van der Waals surface area contributed by atoms with Crippen LogP contribution < -0.4 is 10.6 Å². The van der Waals surface area contributed by atoms with Gasteiger partial charge in [0.2, 0.25) is 0 Å². The lowest BCUT2D eigenvalue weighted by molar-refractivity contribution is 0.444. The number of nitrogens with zero attached hydrogens (tertiary/aromatic N) is 1. The van der Waals surface area contributed by atoms with Gasteiger partial charge >= 0.3 is 0 Å². The van der Waals surface area contributed by atoms with E-state index in [0.29, 0.717) is 30.9 Å². The molecule has 4 nitrogen and oxygen atoms in total. The molecular weight excluding hydrogens is 363 g/mol. The summed E-state index contributed by atoms with van der Waals surface area (Å²) in [6.07, 6.45) is 3.28. The zero-order valence-corrected chi connectivity index (χ0v) is 16.8. The summed E-state index contributed by atoms with van der Waals surface area (Å²) in [5.74, 6) is -0.265. The molecule has 0 atom stereocenters. The molecule has 0 radical (unpaired) electrons. The summed E-state index contributed by atoms with van der Waals surface area (Å²) < 4.78 is 14.6. The SMILES string of the molecule is CN1CC(=N)/C(=C(\NCc2cccc(C3=CCNCC3)c2)c2ccccc2F)C1. The molecule has 2 aromatic rings. The third kappa shape index (κ3) is 4.47. The van der Waals surface area contributed by atoms with Crippen LogP contribution >= 0.6 is 0 Å². The minimum Gasteiger partial charge on any atom is -0.380 e. The van der Waals surface area contributed by atoms with Crippen LogP contribution in [-0.4, -0.2) is 43.8 Å². The highest BCUT2D eigenvalue weighted by atomic mass is 19.1. The number of likely N-dealkylation sites (N-methyl/N-ethyl adjacent to an activating group) is 1. The Labute approximate surface area is 171 Å². The predicted octanol–water partition coefficient (Wildman–Crippen LogP) is 3.67. The highest BCUT2D eigenvalue weighted by molar-refractivity contribution is 6.07. The van der Waals surface area contributed by atoms with Crippen molar-refractivity contribution in [1.29, 1.82) is 5.41 Å². The topological polar surface area (TPSA) is 51.2 Å². The third-order valence-electron chi connectivity index (χ3n) is 5.50. The van der Waals surface area contributed by atoms with Crippen LogP contribution in [0.5, 0.6) is 0 Å². The number of halogens is 1. The van der Waals surface area contributed by atoms with Crippen molar-refractivity contribution in [3.8, 4) is 0 Å². The fraction of sp³-hybridized carbons (Fsp3) is 0.292. The maximum absolute atomic E-state index is 14.6. The fourth-order valence-corrected chi connectivity index (χ4v) is 4.00. The molecule has 2 aliphatic heterocycles. The molecule has 29 heavy (non-hydrogen) atoms. The molecule has 1 saturated heterocycles. The zero-order valence-electron chi connectivity index (χ0n) is 16.8. The number of nitrogens with one attached hydrogen (secondary N) is 3. The van der Waals surface area contributed by atoms with Crippen LogP contribution in [0.3, 0.4) is 0 Å². The van der Waals surface area contributed by atoms with Gasteiger partial charge in [-0.2, -0.15) is 0 Å². The molecule has 0 amide bonds. The van der Waals surface area contributed by atoms with Crippen LogP contribution in [0.1, 0.15) is 23.1 Å². The molecule has 150 valence electrons. The van der Waals surface area contributed by atoms with Gasteiger partial charge in [0.05, 0.1) is 11.4 Å². The molecular formula is C24H27FN4. The van der Waals surface area contributed by atoms with Crippen molar-refractivity contribution in [3.63, 3.8) is 0 Å². The van der Waals surface area contributed by atoms with Gasteiger partial charge in [-0.25, -0.2) is 4.39 Å². The Morgan fingerprint density at radius 2 is 2.03 bits per heavy atom. The second kappa shape index (κ2) is 8.72. The van der Waals surface area contributed by atoms with E-state index in [2.05, 4.69) is 45.9 Å². The minimum atomic E-state index is -0.265. The van der Waals surface area contributed by atoms with Gasteiger partial charge in [-0.15, -0.1) is 0 Å². The Hall–Kier alpha value is -2.76. The quantitative estimate of drug-likeness (QED) is 0.730. The largest absolute Gasteiger partial charge is 0.380 e. The predicted molar refractivity (Wildman–Crippen MR) is 117 cm³/mol. The normalized spacial score (nSPS) is 19.2. The monoisotopic (exact) mass is 390 g/mol. The van der Waals surface area contributed by atoms with Crippen molar-refractivity contribution in [2.24, 2.45) is 0 Å². The molecule has 0 bridgehead atoms. The smallest absolute Gasteiger partial charge is 0.132 e. The van der Waals surface area contributed by atoms with Crippen LogP contribution in [0.2, 0.25) is 0 Å². The van der Waals surface area contributed by atoms with Gasteiger partial charge < -0.3 is 16.0 Å². The van der Waals surface area contributed by atoms with Crippen LogP contribution in [0.25, 0.3) is 11.3 Å². The summed E-state index contributed by atoms with van der Waals surface area (Å²) in [7, 11) is 1.98. The lowest BCUT2D eigenvalue weighted by Crippen LogP contribution is -2.20. The first kappa shape index (κ1) is 19.6. The van der Waals surface area contributed by atoms with Crippen molar-refractivity contribution in [2.45, 2.75) is 13.0 Å². The first-order valence-electron chi connectivity index (χ1n) is 10.1. The van der Waals surface area contributed by atoms with Gasteiger partial charge in [0.1, 0.15) is 5.82 Å². The van der Waals surface area contributed by atoms with Gasteiger partial charge in [-0.1, -0.05) is 36.4 Å². The molecule has 2 aliphatic rings. The van der Waals surface area contributed by atoms with Crippen molar-refractivity contribution in [2.75, 3.05) is 33.2 Å². The van der Waals surface area contributed by atoms with E-state index < -0.39 is 0 Å².